The summed E-state index contributed by atoms with van der Waals surface area (Å²) >= 11 is 0. The standard InChI is InChI=1S/C26H30N4O.2ClH/c27-30(19-25(20-7-3-1-4-8-20)21-9-5-2-6-10-21)24-13-11-22(12-14-24)26(31)29-23-15-17-28-18-16-23;;/h1-10,15-18,22,24-25H,11-14,19,27H2,(H,28,29,31);2*1H/p-2. The molecule has 1 aliphatic rings. The maximum atomic E-state index is 12.6. The van der Waals surface area contributed by atoms with Crippen molar-refractivity contribution in [3.8, 4) is 0 Å². The normalized spacial score (nSPS) is 17.7. The number of benzene rings is 2. The first-order chi connectivity index (χ1) is 15.2. The third-order valence-electron chi connectivity index (χ3n) is 6.28. The van der Waals surface area contributed by atoms with E-state index in [9.17, 15) is 4.79 Å². The highest BCUT2D eigenvalue weighted by Crippen LogP contribution is 2.31. The monoisotopic (exact) mass is 484 g/mol. The van der Waals surface area contributed by atoms with Crippen molar-refractivity contribution in [2.24, 2.45) is 11.8 Å². The van der Waals surface area contributed by atoms with E-state index in [1.165, 1.54) is 11.1 Å². The summed E-state index contributed by atoms with van der Waals surface area (Å²) in [5, 5.41) is 5.01. The summed E-state index contributed by atoms with van der Waals surface area (Å²) in [7, 11) is 0. The van der Waals surface area contributed by atoms with E-state index in [4.69, 9.17) is 5.84 Å². The van der Waals surface area contributed by atoms with Gasteiger partial charge in [-0.3, -0.25) is 15.6 Å². The molecule has 3 N–H and O–H groups in total. The average molecular weight is 485 g/mol. The van der Waals surface area contributed by atoms with Crippen LogP contribution in [0.15, 0.2) is 85.2 Å². The van der Waals surface area contributed by atoms with Gasteiger partial charge in [-0.1, -0.05) is 60.7 Å². The summed E-state index contributed by atoms with van der Waals surface area (Å²) in [4.78, 5) is 16.6. The molecule has 0 aliphatic heterocycles. The van der Waals surface area contributed by atoms with Crippen LogP contribution in [0.3, 0.4) is 0 Å². The lowest BCUT2D eigenvalue weighted by Crippen LogP contribution is -3.00. The van der Waals surface area contributed by atoms with E-state index >= 15 is 0 Å². The molecule has 33 heavy (non-hydrogen) atoms. The zero-order valence-electron chi connectivity index (χ0n) is 18.5. The molecule has 1 saturated carbocycles. The number of hydrazine groups is 1. The Morgan fingerprint density at radius 2 is 1.39 bits per heavy atom. The predicted molar refractivity (Wildman–Crippen MR) is 124 cm³/mol. The molecule has 1 fully saturated rings. The van der Waals surface area contributed by atoms with Crippen LogP contribution in [0, 0.1) is 5.92 Å². The second-order valence-corrected chi connectivity index (χ2v) is 8.30. The highest BCUT2D eigenvalue weighted by atomic mass is 35.5. The number of anilines is 1. The van der Waals surface area contributed by atoms with Crippen LogP contribution in [0.25, 0.3) is 0 Å². The van der Waals surface area contributed by atoms with Crippen molar-refractivity contribution in [1.29, 1.82) is 0 Å². The SMILES string of the molecule is NN(CC(c1ccccc1)c1ccccc1)C1CCC(C(=O)Nc2ccncc2)CC1.[Cl-].[Cl-]. The Bertz CT molecular complexity index is 912. The number of carbonyl (C=O) groups is 1. The fraction of sp³-hybridized carbons (Fsp3) is 0.308. The minimum absolute atomic E-state index is 0. The Balaban J connectivity index is 0.00000193. The first-order valence-corrected chi connectivity index (χ1v) is 11.0. The first-order valence-electron chi connectivity index (χ1n) is 11.0. The second-order valence-electron chi connectivity index (χ2n) is 8.30. The Morgan fingerprint density at radius 3 is 1.91 bits per heavy atom. The van der Waals surface area contributed by atoms with Gasteiger partial charge in [0, 0.05) is 42.5 Å². The average Bonchev–Trinajstić information content (AvgIpc) is 2.84. The number of hydrogen-bond donors (Lipinski definition) is 2. The van der Waals surface area contributed by atoms with E-state index < -0.39 is 0 Å². The summed E-state index contributed by atoms with van der Waals surface area (Å²) in [6.07, 6.45) is 6.96. The molecule has 0 atom stereocenters. The van der Waals surface area contributed by atoms with E-state index in [1.54, 1.807) is 12.4 Å². The van der Waals surface area contributed by atoms with Crippen molar-refractivity contribution in [1.82, 2.24) is 9.99 Å². The Kier molecular flexibility index (Phi) is 10.8. The lowest BCUT2D eigenvalue weighted by Gasteiger charge is -2.35. The third-order valence-corrected chi connectivity index (χ3v) is 6.28. The molecule has 3 aromatic rings. The number of hydrogen-bond acceptors (Lipinski definition) is 4. The van der Waals surface area contributed by atoms with E-state index in [-0.39, 0.29) is 42.6 Å². The third kappa shape index (κ3) is 7.27. The van der Waals surface area contributed by atoms with Crippen molar-refractivity contribution in [2.75, 3.05) is 11.9 Å². The molecule has 0 saturated heterocycles. The maximum Gasteiger partial charge on any atom is 0.227 e. The quantitative estimate of drug-likeness (QED) is 0.319. The smallest absolute Gasteiger partial charge is 0.227 e. The Morgan fingerprint density at radius 1 is 0.879 bits per heavy atom. The predicted octanol–water partition coefficient (Wildman–Crippen LogP) is -1.41. The topological polar surface area (TPSA) is 71.2 Å². The molecule has 7 heteroatoms. The van der Waals surface area contributed by atoms with Crippen LogP contribution in [0.1, 0.15) is 42.7 Å². The number of rotatable bonds is 7. The molecule has 0 radical (unpaired) electrons. The van der Waals surface area contributed by atoms with Gasteiger partial charge in [0.05, 0.1) is 0 Å². The molecule has 0 spiro atoms. The lowest BCUT2D eigenvalue weighted by atomic mass is 9.84. The van der Waals surface area contributed by atoms with E-state index in [2.05, 4.69) is 58.8 Å². The molecule has 0 bridgehead atoms. The van der Waals surface area contributed by atoms with E-state index in [0.717, 1.165) is 37.9 Å². The zero-order chi connectivity index (χ0) is 21.5. The van der Waals surface area contributed by atoms with Crippen LogP contribution in [0.4, 0.5) is 5.69 Å². The fourth-order valence-electron chi connectivity index (χ4n) is 4.48. The minimum atomic E-state index is 0. The molecule has 0 unspecified atom stereocenters. The van der Waals surface area contributed by atoms with Crippen molar-refractivity contribution in [3.63, 3.8) is 0 Å². The van der Waals surface area contributed by atoms with Gasteiger partial charge in [-0.05, 0) is 48.9 Å². The van der Waals surface area contributed by atoms with Crippen molar-refractivity contribution < 1.29 is 29.6 Å². The molecular weight excluding hydrogens is 455 g/mol. The molecule has 5 nitrogen and oxygen atoms in total. The van der Waals surface area contributed by atoms with Crippen LogP contribution < -0.4 is 36.0 Å². The van der Waals surface area contributed by atoms with Crippen molar-refractivity contribution in [3.05, 3.63) is 96.3 Å². The molecule has 1 heterocycles. The number of nitrogens with one attached hydrogen (secondary N) is 1. The molecule has 2 aromatic carbocycles. The summed E-state index contributed by atoms with van der Waals surface area (Å²) < 4.78 is 0. The summed E-state index contributed by atoms with van der Waals surface area (Å²) in [6.45, 7) is 0.757. The van der Waals surface area contributed by atoms with Crippen molar-refractivity contribution >= 4 is 11.6 Å². The van der Waals surface area contributed by atoms with Gasteiger partial charge < -0.3 is 30.1 Å². The van der Waals surface area contributed by atoms with Gasteiger partial charge in [0.2, 0.25) is 5.91 Å². The van der Waals surface area contributed by atoms with Gasteiger partial charge >= 0.3 is 0 Å². The Labute approximate surface area is 208 Å². The van der Waals surface area contributed by atoms with Crippen LogP contribution >= 0.6 is 0 Å². The molecule has 1 amide bonds. The summed E-state index contributed by atoms with van der Waals surface area (Å²) in [5.41, 5.74) is 3.35. The second kappa shape index (κ2) is 13.3. The molecule has 4 rings (SSSR count). The van der Waals surface area contributed by atoms with Gasteiger partial charge in [0.15, 0.2) is 0 Å². The summed E-state index contributed by atoms with van der Waals surface area (Å²) in [5.74, 6) is 6.95. The maximum absolute atomic E-state index is 12.6. The van der Waals surface area contributed by atoms with Gasteiger partial charge in [0.25, 0.3) is 0 Å². The van der Waals surface area contributed by atoms with Crippen LogP contribution in [0.2, 0.25) is 0 Å². The number of pyridine rings is 1. The highest BCUT2D eigenvalue weighted by Gasteiger charge is 2.30. The lowest BCUT2D eigenvalue weighted by molar-refractivity contribution is -0.121. The largest absolute Gasteiger partial charge is 1.00 e. The van der Waals surface area contributed by atoms with Gasteiger partial charge in [0.1, 0.15) is 0 Å². The summed E-state index contributed by atoms with van der Waals surface area (Å²) in [6, 6.07) is 25.0. The van der Waals surface area contributed by atoms with E-state index in [1.807, 2.05) is 29.3 Å². The Hall–Kier alpha value is -2.44. The molecule has 176 valence electrons. The number of nitrogens with two attached hydrogens (primary N) is 1. The molecule has 1 aromatic heterocycles. The van der Waals surface area contributed by atoms with Crippen LogP contribution in [-0.4, -0.2) is 28.5 Å². The number of aromatic nitrogens is 1. The fourth-order valence-corrected chi connectivity index (χ4v) is 4.48. The molecular formula is C26H30Cl2N4O-2. The number of amides is 1. The van der Waals surface area contributed by atoms with Crippen molar-refractivity contribution in [2.45, 2.75) is 37.6 Å². The van der Waals surface area contributed by atoms with Gasteiger partial charge in [-0.15, -0.1) is 0 Å². The number of carbonyl (C=O) groups excluding carboxylic acids is 1. The minimum Gasteiger partial charge on any atom is -1.00 e. The number of nitrogens with zero attached hydrogens (tertiary/aromatic N) is 2. The van der Waals surface area contributed by atoms with E-state index in [0.29, 0.717) is 6.04 Å². The van der Waals surface area contributed by atoms with Crippen LogP contribution in [0.5, 0.6) is 0 Å². The molecule has 1 aliphatic carbocycles. The van der Waals surface area contributed by atoms with Gasteiger partial charge in [-0.2, -0.15) is 0 Å². The highest BCUT2D eigenvalue weighted by molar-refractivity contribution is 5.92. The van der Waals surface area contributed by atoms with Crippen LogP contribution in [-0.2, 0) is 4.79 Å². The van der Waals surface area contributed by atoms with Gasteiger partial charge in [-0.25, -0.2) is 5.01 Å². The zero-order valence-corrected chi connectivity index (χ0v) is 20.0. The number of halogens is 2. The first kappa shape index (κ1) is 26.8.